The zero-order valence-corrected chi connectivity index (χ0v) is 21.2. The van der Waals surface area contributed by atoms with Gasteiger partial charge in [0, 0.05) is 17.5 Å². The van der Waals surface area contributed by atoms with Crippen LogP contribution >= 0.6 is 0 Å². The highest BCUT2D eigenvalue weighted by Crippen LogP contribution is 2.27. The van der Waals surface area contributed by atoms with E-state index in [1.807, 2.05) is 0 Å². The smallest absolute Gasteiger partial charge is 0.256 e. The number of ketones is 1. The lowest BCUT2D eigenvalue weighted by atomic mass is 9.91. The Morgan fingerprint density at radius 1 is 0.973 bits per heavy atom. The molecule has 1 aliphatic heterocycles. The van der Waals surface area contributed by atoms with Gasteiger partial charge in [-0.25, -0.2) is 8.42 Å². The van der Waals surface area contributed by atoms with Gasteiger partial charge in [-0.05, 0) is 42.7 Å². The summed E-state index contributed by atoms with van der Waals surface area (Å²) < 4.78 is 26.9. The third-order valence-corrected chi connectivity index (χ3v) is 8.67. The number of nitrogens with one attached hydrogen (secondary N) is 1. The van der Waals surface area contributed by atoms with Gasteiger partial charge in [0.1, 0.15) is 5.84 Å². The van der Waals surface area contributed by atoms with E-state index in [0.29, 0.717) is 30.2 Å². The number of hydrogen-bond acceptors (Lipinski definition) is 7. The SMILES string of the molecule is N=C(N)c1ccc(C[C@H](N)C(=O)C2CCCCN2C(=O)[C@@H](N)S(=O)(=O)c2cccc3ccccc23)cc1. The molecule has 194 valence electrons. The van der Waals surface area contributed by atoms with Crippen LogP contribution in [-0.4, -0.2) is 54.8 Å². The van der Waals surface area contributed by atoms with Crippen molar-refractivity contribution in [3.8, 4) is 0 Å². The molecule has 1 saturated heterocycles. The van der Waals surface area contributed by atoms with Gasteiger partial charge in [0.05, 0.1) is 17.0 Å². The Balaban J connectivity index is 1.54. The zero-order valence-electron chi connectivity index (χ0n) is 20.3. The van der Waals surface area contributed by atoms with E-state index in [1.165, 1.54) is 11.0 Å². The molecule has 4 rings (SSSR count). The van der Waals surface area contributed by atoms with Gasteiger partial charge in [0.2, 0.25) is 9.84 Å². The number of nitrogens with zero attached hydrogens (tertiary/aromatic N) is 1. The van der Waals surface area contributed by atoms with E-state index in [-0.39, 0.29) is 29.5 Å². The summed E-state index contributed by atoms with van der Waals surface area (Å²) in [6.07, 6.45) is 1.97. The lowest BCUT2D eigenvalue weighted by Crippen LogP contribution is -2.58. The fourth-order valence-corrected chi connectivity index (χ4v) is 6.22. The van der Waals surface area contributed by atoms with E-state index < -0.39 is 33.2 Å². The normalized spacial score (nSPS) is 17.8. The van der Waals surface area contributed by atoms with Gasteiger partial charge in [0.25, 0.3) is 5.91 Å². The topological polar surface area (TPSA) is 173 Å². The Bertz CT molecular complexity index is 1430. The van der Waals surface area contributed by atoms with Crippen LogP contribution in [0.1, 0.15) is 30.4 Å². The van der Waals surface area contributed by atoms with Crippen molar-refractivity contribution in [3.05, 3.63) is 77.9 Å². The van der Waals surface area contributed by atoms with E-state index in [2.05, 4.69) is 0 Å². The van der Waals surface area contributed by atoms with E-state index in [4.69, 9.17) is 22.6 Å². The number of nitrogen functional groups attached to an aromatic ring is 1. The summed E-state index contributed by atoms with van der Waals surface area (Å²) in [6, 6.07) is 17.0. The number of sulfone groups is 1. The lowest BCUT2D eigenvalue weighted by Gasteiger charge is -2.37. The monoisotopic (exact) mass is 521 g/mol. The molecule has 0 spiro atoms. The Labute approximate surface area is 216 Å². The molecule has 3 aromatic rings. The van der Waals surface area contributed by atoms with Gasteiger partial charge >= 0.3 is 0 Å². The zero-order chi connectivity index (χ0) is 26.7. The van der Waals surface area contributed by atoms with Gasteiger partial charge in [-0.2, -0.15) is 0 Å². The number of amides is 1. The standard InChI is InChI=1S/C27H31N5O4S/c28-21(16-17-11-13-19(14-12-17)25(29)30)24(33)22-9-3-4-15-32(22)27(34)26(31)37(35,36)23-10-5-7-18-6-1-2-8-20(18)23/h1-2,5-8,10-14,21-22,26H,3-4,9,15-16,28,31H2,(H3,29,30)/t21-,22?,26-/m0/s1. The molecule has 0 radical (unpaired) electrons. The average molecular weight is 522 g/mol. The summed E-state index contributed by atoms with van der Waals surface area (Å²) in [4.78, 5) is 28.1. The Morgan fingerprint density at radius 2 is 1.65 bits per heavy atom. The predicted octanol–water partition coefficient (Wildman–Crippen LogP) is 1.70. The van der Waals surface area contributed by atoms with Crippen molar-refractivity contribution in [2.75, 3.05) is 6.54 Å². The fraction of sp³-hybridized carbons (Fsp3) is 0.296. The van der Waals surface area contributed by atoms with Gasteiger partial charge in [-0.3, -0.25) is 15.0 Å². The molecule has 1 heterocycles. The minimum Gasteiger partial charge on any atom is -0.384 e. The van der Waals surface area contributed by atoms with Crippen molar-refractivity contribution in [1.29, 1.82) is 5.41 Å². The molecule has 0 bridgehead atoms. The molecule has 3 aromatic carbocycles. The minimum absolute atomic E-state index is 0.0166. The number of Topliss-reactive ketones (excluding diaryl/α,β-unsaturated/α-hetero) is 1. The number of hydrogen-bond donors (Lipinski definition) is 4. The molecule has 0 saturated carbocycles. The van der Waals surface area contributed by atoms with Gasteiger partial charge in [-0.1, -0.05) is 60.7 Å². The summed E-state index contributed by atoms with van der Waals surface area (Å²) in [7, 11) is -4.23. The molecule has 3 atom stereocenters. The number of benzene rings is 3. The molecule has 1 unspecified atom stereocenters. The van der Waals surface area contributed by atoms with Gasteiger partial charge < -0.3 is 22.1 Å². The molecular formula is C27H31N5O4S. The number of nitrogens with two attached hydrogens (primary N) is 3. The van der Waals surface area contributed by atoms with Crippen LogP contribution < -0.4 is 17.2 Å². The number of likely N-dealkylation sites (tertiary alicyclic amines) is 1. The molecule has 37 heavy (non-hydrogen) atoms. The van der Waals surface area contributed by atoms with E-state index in [1.54, 1.807) is 60.7 Å². The van der Waals surface area contributed by atoms with Crippen molar-refractivity contribution < 1.29 is 18.0 Å². The van der Waals surface area contributed by atoms with Crippen LogP contribution in [0.5, 0.6) is 0 Å². The van der Waals surface area contributed by atoms with Crippen LogP contribution in [0.2, 0.25) is 0 Å². The molecule has 1 fully saturated rings. The first-order valence-corrected chi connectivity index (χ1v) is 13.7. The molecule has 0 aliphatic carbocycles. The molecule has 0 aromatic heterocycles. The first-order valence-electron chi connectivity index (χ1n) is 12.1. The Hall–Kier alpha value is -3.60. The summed E-state index contributed by atoms with van der Waals surface area (Å²) in [6.45, 7) is 0.230. The molecule has 7 N–H and O–H groups in total. The van der Waals surface area contributed by atoms with Crippen molar-refractivity contribution in [2.45, 2.75) is 48.0 Å². The van der Waals surface area contributed by atoms with Crippen LogP contribution in [-0.2, 0) is 25.8 Å². The first kappa shape index (κ1) is 26.5. The number of piperidine rings is 1. The van der Waals surface area contributed by atoms with Crippen LogP contribution in [0.4, 0.5) is 0 Å². The highest BCUT2D eigenvalue weighted by Gasteiger charge is 2.41. The largest absolute Gasteiger partial charge is 0.384 e. The quantitative estimate of drug-likeness (QED) is 0.258. The number of amidine groups is 1. The second-order valence-corrected chi connectivity index (χ2v) is 11.3. The first-order chi connectivity index (χ1) is 17.6. The van der Waals surface area contributed by atoms with E-state index in [0.717, 1.165) is 10.9 Å². The highest BCUT2D eigenvalue weighted by atomic mass is 32.2. The molecular weight excluding hydrogens is 490 g/mol. The number of rotatable bonds is 8. The third kappa shape index (κ3) is 5.41. The number of fused-ring (bicyclic) bond motifs is 1. The fourth-order valence-electron chi connectivity index (χ4n) is 4.79. The average Bonchev–Trinajstić information content (AvgIpc) is 2.91. The summed E-state index contributed by atoms with van der Waals surface area (Å²) in [5.41, 5.74) is 19.2. The van der Waals surface area contributed by atoms with Crippen LogP contribution in [0.3, 0.4) is 0 Å². The van der Waals surface area contributed by atoms with E-state index >= 15 is 0 Å². The Kier molecular flexibility index (Phi) is 7.72. The predicted molar refractivity (Wildman–Crippen MR) is 143 cm³/mol. The Morgan fingerprint density at radius 3 is 2.35 bits per heavy atom. The summed E-state index contributed by atoms with van der Waals surface area (Å²) >= 11 is 0. The summed E-state index contributed by atoms with van der Waals surface area (Å²) in [5, 5.41) is 6.85. The van der Waals surface area contributed by atoms with Crippen molar-refractivity contribution in [1.82, 2.24) is 4.90 Å². The molecule has 1 amide bonds. The van der Waals surface area contributed by atoms with Crippen molar-refractivity contribution in [2.24, 2.45) is 17.2 Å². The highest BCUT2D eigenvalue weighted by molar-refractivity contribution is 7.93. The lowest BCUT2D eigenvalue weighted by molar-refractivity contribution is -0.141. The number of carbonyl (C=O) groups excluding carboxylic acids is 2. The van der Waals surface area contributed by atoms with Crippen LogP contribution in [0, 0.1) is 5.41 Å². The van der Waals surface area contributed by atoms with Crippen molar-refractivity contribution >= 4 is 38.1 Å². The van der Waals surface area contributed by atoms with Gasteiger partial charge in [0.15, 0.2) is 11.2 Å². The van der Waals surface area contributed by atoms with Gasteiger partial charge in [-0.15, -0.1) is 0 Å². The molecule has 10 heteroatoms. The maximum Gasteiger partial charge on any atom is 0.256 e. The molecule has 1 aliphatic rings. The maximum atomic E-state index is 13.5. The summed E-state index contributed by atoms with van der Waals surface area (Å²) in [5.74, 6) is -1.19. The maximum absolute atomic E-state index is 13.5. The third-order valence-electron chi connectivity index (χ3n) is 6.83. The van der Waals surface area contributed by atoms with E-state index in [9.17, 15) is 18.0 Å². The second-order valence-electron chi connectivity index (χ2n) is 9.31. The van der Waals surface area contributed by atoms with Crippen LogP contribution in [0.25, 0.3) is 10.8 Å². The number of carbonyl (C=O) groups is 2. The minimum atomic E-state index is -4.23. The second kappa shape index (κ2) is 10.8. The van der Waals surface area contributed by atoms with Crippen molar-refractivity contribution in [3.63, 3.8) is 0 Å². The molecule has 9 nitrogen and oxygen atoms in total. The van der Waals surface area contributed by atoms with Crippen LogP contribution in [0.15, 0.2) is 71.6 Å².